The quantitative estimate of drug-likeness (QED) is 0.792. The van der Waals surface area contributed by atoms with Gasteiger partial charge in [-0.15, -0.1) is 0 Å². The van der Waals surface area contributed by atoms with E-state index < -0.39 is 29.4 Å². The molecule has 0 fully saturated rings. The highest BCUT2D eigenvalue weighted by Crippen LogP contribution is 2.24. The van der Waals surface area contributed by atoms with Crippen LogP contribution in [0.2, 0.25) is 5.02 Å². The van der Waals surface area contributed by atoms with Gasteiger partial charge in [-0.2, -0.15) is 0 Å². The van der Waals surface area contributed by atoms with Gasteiger partial charge in [-0.05, 0) is 11.5 Å². The highest BCUT2D eigenvalue weighted by molar-refractivity contribution is 6.31. The van der Waals surface area contributed by atoms with Gasteiger partial charge in [0.1, 0.15) is 0 Å². The van der Waals surface area contributed by atoms with Gasteiger partial charge < -0.3 is 16.2 Å². The number of hydrogen-bond donors (Lipinski definition) is 3. The molecular formula is C14H19ClN2O3. The van der Waals surface area contributed by atoms with Crippen LogP contribution in [-0.2, 0) is 9.59 Å². The molecular weight excluding hydrogens is 280 g/mol. The summed E-state index contributed by atoms with van der Waals surface area (Å²) in [6.07, 6.45) is 0. The van der Waals surface area contributed by atoms with E-state index in [-0.39, 0.29) is 5.02 Å². The zero-order valence-corrected chi connectivity index (χ0v) is 12.4. The molecule has 2 atom stereocenters. The van der Waals surface area contributed by atoms with Crippen molar-refractivity contribution in [2.45, 2.75) is 32.9 Å². The zero-order valence-electron chi connectivity index (χ0n) is 11.7. The Hall–Kier alpha value is -1.59. The van der Waals surface area contributed by atoms with Crippen LogP contribution >= 0.6 is 11.6 Å². The molecule has 0 aliphatic carbocycles. The molecule has 1 rings (SSSR count). The number of amides is 1. The maximum atomic E-state index is 12.0. The number of rotatable bonds is 4. The molecule has 0 unspecified atom stereocenters. The minimum atomic E-state index is -1.22. The van der Waals surface area contributed by atoms with E-state index in [4.69, 9.17) is 17.3 Å². The van der Waals surface area contributed by atoms with Crippen LogP contribution < -0.4 is 11.1 Å². The average Bonchev–Trinajstić information content (AvgIpc) is 2.34. The van der Waals surface area contributed by atoms with Crippen molar-refractivity contribution in [1.82, 2.24) is 5.32 Å². The van der Waals surface area contributed by atoms with Crippen LogP contribution in [0.4, 0.5) is 0 Å². The van der Waals surface area contributed by atoms with Crippen molar-refractivity contribution in [3.05, 3.63) is 34.9 Å². The van der Waals surface area contributed by atoms with Crippen LogP contribution in [-0.4, -0.2) is 23.0 Å². The van der Waals surface area contributed by atoms with Gasteiger partial charge >= 0.3 is 5.97 Å². The van der Waals surface area contributed by atoms with Gasteiger partial charge in [0.25, 0.3) is 0 Å². The topological polar surface area (TPSA) is 92.4 Å². The molecule has 0 aromatic heterocycles. The fourth-order valence-electron chi connectivity index (χ4n) is 1.61. The Bertz CT molecular complexity index is 511. The first kappa shape index (κ1) is 16.5. The van der Waals surface area contributed by atoms with Crippen molar-refractivity contribution in [2.24, 2.45) is 11.1 Å². The SMILES string of the molecule is CC(C)(C)[C@@H](N)C(=O)N[C@@H](C(=O)O)c1ccccc1Cl. The molecule has 0 saturated carbocycles. The molecule has 0 aliphatic heterocycles. The standard InChI is InChI=1S/C14H19ClN2O3/c1-14(2,3)11(16)12(18)17-10(13(19)20)8-6-4-5-7-9(8)15/h4-7,10-11H,16H2,1-3H3,(H,17,18)(H,19,20)/t10-,11+/m1/s1. The van der Waals surface area contributed by atoms with Crippen molar-refractivity contribution in [3.63, 3.8) is 0 Å². The minimum Gasteiger partial charge on any atom is -0.479 e. The molecule has 0 bridgehead atoms. The van der Waals surface area contributed by atoms with Gasteiger partial charge in [0.2, 0.25) is 5.91 Å². The molecule has 1 aromatic rings. The van der Waals surface area contributed by atoms with Crippen LogP contribution in [0, 0.1) is 5.41 Å². The Labute approximate surface area is 123 Å². The van der Waals surface area contributed by atoms with Crippen molar-refractivity contribution in [1.29, 1.82) is 0 Å². The molecule has 0 heterocycles. The molecule has 6 heteroatoms. The summed E-state index contributed by atoms with van der Waals surface area (Å²) in [6, 6.07) is 4.45. The van der Waals surface area contributed by atoms with Crippen LogP contribution in [0.3, 0.4) is 0 Å². The van der Waals surface area contributed by atoms with Crippen molar-refractivity contribution in [3.8, 4) is 0 Å². The summed E-state index contributed by atoms with van der Waals surface area (Å²) in [7, 11) is 0. The molecule has 1 amide bonds. The highest BCUT2D eigenvalue weighted by Gasteiger charge is 2.31. The summed E-state index contributed by atoms with van der Waals surface area (Å²) in [6.45, 7) is 5.42. The first-order valence-electron chi connectivity index (χ1n) is 6.17. The normalized spacial score (nSPS) is 14.4. The Morgan fingerprint density at radius 1 is 1.30 bits per heavy atom. The first-order valence-corrected chi connectivity index (χ1v) is 6.55. The number of benzene rings is 1. The second-order valence-electron chi connectivity index (χ2n) is 5.65. The fraction of sp³-hybridized carbons (Fsp3) is 0.429. The lowest BCUT2D eigenvalue weighted by Gasteiger charge is -2.27. The number of carboxylic acid groups (broad SMARTS) is 1. The number of nitrogens with one attached hydrogen (secondary N) is 1. The second kappa shape index (κ2) is 6.24. The first-order chi connectivity index (χ1) is 9.14. The minimum absolute atomic E-state index is 0.282. The van der Waals surface area contributed by atoms with Crippen LogP contribution in [0.15, 0.2) is 24.3 Å². The molecule has 5 nitrogen and oxygen atoms in total. The molecule has 0 radical (unpaired) electrons. The third-order valence-electron chi connectivity index (χ3n) is 2.97. The van der Waals surface area contributed by atoms with Crippen molar-refractivity contribution in [2.75, 3.05) is 0 Å². The lowest BCUT2D eigenvalue weighted by atomic mass is 9.86. The van der Waals surface area contributed by atoms with Gasteiger partial charge in [-0.1, -0.05) is 50.6 Å². The maximum Gasteiger partial charge on any atom is 0.330 e. The highest BCUT2D eigenvalue weighted by atomic mass is 35.5. The van der Waals surface area contributed by atoms with E-state index in [1.54, 1.807) is 24.3 Å². The molecule has 0 aliphatic rings. The number of halogens is 1. The largest absolute Gasteiger partial charge is 0.479 e. The molecule has 0 spiro atoms. The summed E-state index contributed by atoms with van der Waals surface area (Å²) < 4.78 is 0. The lowest BCUT2D eigenvalue weighted by molar-refractivity contribution is -0.142. The van der Waals surface area contributed by atoms with Gasteiger partial charge in [0, 0.05) is 10.6 Å². The number of carbonyl (C=O) groups excluding carboxylic acids is 1. The van der Waals surface area contributed by atoms with Gasteiger partial charge in [-0.25, -0.2) is 4.79 Å². The monoisotopic (exact) mass is 298 g/mol. The average molecular weight is 299 g/mol. The van der Waals surface area contributed by atoms with E-state index in [0.29, 0.717) is 5.56 Å². The van der Waals surface area contributed by atoms with E-state index >= 15 is 0 Å². The fourth-order valence-corrected chi connectivity index (χ4v) is 1.85. The summed E-state index contributed by atoms with van der Waals surface area (Å²) in [4.78, 5) is 23.4. The third-order valence-corrected chi connectivity index (χ3v) is 3.31. The van der Waals surface area contributed by atoms with Gasteiger partial charge in [0.15, 0.2) is 6.04 Å². The summed E-state index contributed by atoms with van der Waals surface area (Å²) >= 11 is 5.97. The molecule has 20 heavy (non-hydrogen) atoms. The van der Waals surface area contributed by atoms with Crippen molar-refractivity contribution >= 4 is 23.5 Å². The Kier molecular flexibility index (Phi) is 5.14. The van der Waals surface area contributed by atoms with E-state index in [1.165, 1.54) is 0 Å². The third kappa shape index (κ3) is 3.95. The van der Waals surface area contributed by atoms with E-state index in [0.717, 1.165) is 0 Å². The molecule has 110 valence electrons. The smallest absolute Gasteiger partial charge is 0.330 e. The molecule has 0 saturated heterocycles. The van der Waals surface area contributed by atoms with Gasteiger partial charge in [-0.3, -0.25) is 4.79 Å². The summed E-state index contributed by atoms with van der Waals surface area (Å²) in [5.74, 6) is -1.71. The Balaban J connectivity index is 2.99. The molecule has 1 aromatic carbocycles. The van der Waals surface area contributed by atoms with E-state index in [1.807, 2.05) is 20.8 Å². The molecule has 4 N–H and O–H groups in total. The van der Waals surface area contributed by atoms with E-state index in [2.05, 4.69) is 5.32 Å². The number of aliphatic carboxylic acids is 1. The van der Waals surface area contributed by atoms with Crippen LogP contribution in [0.5, 0.6) is 0 Å². The van der Waals surface area contributed by atoms with Crippen LogP contribution in [0.1, 0.15) is 32.4 Å². The second-order valence-corrected chi connectivity index (χ2v) is 6.05. The predicted molar refractivity (Wildman–Crippen MR) is 77.4 cm³/mol. The number of carbonyl (C=O) groups is 2. The Morgan fingerprint density at radius 3 is 2.30 bits per heavy atom. The zero-order chi connectivity index (χ0) is 15.5. The number of carboxylic acids is 1. The lowest BCUT2D eigenvalue weighted by Crippen LogP contribution is -2.50. The number of hydrogen-bond acceptors (Lipinski definition) is 3. The summed E-state index contributed by atoms with van der Waals surface area (Å²) in [5.41, 5.74) is 5.69. The van der Waals surface area contributed by atoms with E-state index in [9.17, 15) is 14.7 Å². The predicted octanol–water partition coefficient (Wildman–Crippen LogP) is 1.96. The number of nitrogens with two attached hydrogens (primary N) is 1. The van der Waals surface area contributed by atoms with Gasteiger partial charge in [0.05, 0.1) is 6.04 Å². The Morgan fingerprint density at radius 2 is 1.85 bits per heavy atom. The maximum absolute atomic E-state index is 12.0. The van der Waals surface area contributed by atoms with Crippen molar-refractivity contribution < 1.29 is 14.7 Å². The van der Waals surface area contributed by atoms with Crippen LogP contribution in [0.25, 0.3) is 0 Å². The summed E-state index contributed by atoms with van der Waals surface area (Å²) in [5, 5.41) is 12.0.